The lowest BCUT2D eigenvalue weighted by Crippen LogP contribution is -2.25. The van der Waals surface area contributed by atoms with Gasteiger partial charge < -0.3 is 10.5 Å². The van der Waals surface area contributed by atoms with E-state index in [0.29, 0.717) is 25.4 Å². The number of nitrogens with one attached hydrogen (secondary N) is 1. The molecular formula is C12H18BrClN2O3S. The van der Waals surface area contributed by atoms with Crippen LogP contribution in [0.1, 0.15) is 18.4 Å². The van der Waals surface area contributed by atoms with Crippen LogP contribution in [0.25, 0.3) is 0 Å². The van der Waals surface area contributed by atoms with E-state index in [1.165, 1.54) is 0 Å². The lowest BCUT2D eigenvalue weighted by atomic mass is 10.2. The van der Waals surface area contributed by atoms with E-state index in [2.05, 4.69) is 20.7 Å². The van der Waals surface area contributed by atoms with Crippen molar-refractivity contribution in [2.75, 3.05) is 19.7 Å². The normalized spacial score (nSPS) is 13.5. The molecule has 0 atom stereocenters. The molecule has 1 aromatic carbocycles. The zero-order chi connectivity index (χ0) is 13.9. The number of hydrogen-bond donors (Lipinski definition) is 2. The number of rotatable bonds is 6. The Hall–Kier alpha value is -0.340. The summed E-state index contributed by atoms with van der Waals surface area (Å²) in [7, 11) is -3.53. The molecule has 0 bridgehead atoms. The molecule has 1 aliphatic rings. The quantitative estimate of drug-likeness (QED) is 0.732. The first kappa shape index (κ1) is 17.7. The molecule has 8 heteroatoms. The molecule has 5 nitrogen and oxygen atoms in total. The monoisotopic (exact) mass is 384 g/mol. The minimum atomic E-state index is -3.53. The third kappa shape index (κ3) is 4.08. The Kier molecular flexibility index (Phi) is 6.74. The fourth-order valence-corrected chi connectivity index (χ4v) is 3.93. The van der Waals surface area contributed by atoms with Crippen LogP contribution >= 0.6 is 28.3 Å². The molecule has 1 aromatic rings. The van der Waals surface area contributed by atoms with Gasteiger partial charge in [0.2, 0.25) is 10.0 Å². The Balaban J connectivity index is 0.00000200. The molecule has 0 aliphatic carbocycles. The molecule has 20 heavy (non-hydrogen) atoms. The molecule has 0 aromatic heterocycles. The van der Waals surface area contributed by atoms with Crippen molar-refractivity contribution >= 4 is 38.4 Å². The predicted octanol–water partition coefficient (Wildman–Crippen LogP) is 1.82. The highest BCUT2D eigenvalue weighted by Crippen LogP contribution is 2.35. The first-order valence-electron chi connectivity index (χ1n) is 6.19. The maximum atomic E-state index is 12.3. The van der Waals surface area contributed by atoms with Crippen LogP contribution in [0.4, 0.5) is 0 Å². The number of sulfonamides is 1. The molecule has 2 rings (SSSR count). The predicted molar refractivity (Wildman–Crippen MR) is 84.1 cm³/mol. The molecule has 0 unspecified atom stereocenters. The molecule has 1 aliphatic heterocycles. The van der Waals surface area contributed by atoms with Crippen LogP contribution in [-0.4, -0.2) is 28.1 Å². The molecule has 0 spiro atoms. The number of nitrogens with two attached hydrogens (primary N) is 1. The van der Waals surface area contributed by atoms with Gasteiger partial charge >= 0.3 is 0 Å². The van der Waals surface area contributed by atoms with E-state index in [0.717, 1.165) is 29.3 Å². The van der Waals surface area contributed by atoms with Gasteiger partial charge in [-0.1, -0.05) is 15.9 Å². The van der Waals surface area contributed by atoms with Crippen molar-refractivity contribution in [2.45, 2.75) is 24.2 Å². The van der Waals surface area contributed by atoms with Crippen LogP contribution in [0.5, 0.6) is 5.75 Å². The van der Waals surface area contributed by atoms with Gasteiger partial charge in [-0.3, -0.25) is 0 Å². The zero-order valence-electron chi connectivity index (χ0n) is 10.9. The molecular weight excluding hydrogens is 368 g/mol. The van der Waals surface area contributed by atoms with E-state index in [4.69, 9.17) is 10.5 Å². The number of halogens is 2. The first-order valence-corrected chi connectivity index (χ1v) is 8.47. The Labute approximate surface area is 133 Å². The van der Waals surface area contributed by atoms with Crippen LogP contribution in [-0.2, 0) is 16.4 Å². The van der Waals surface area contributed by atoms with Crippen molar-refractivity contribution in [3.05, 3.63) is 22.2 Å². The summed E-state index contributed by atoms with van der Waals surface area (Å²) >= 11 is 3.34. The summed E-state index contributed by atoms with van der Waals surface area (Å²) in [5, 5.41) is 0. The largest absolute Gasteiger partial charge is 0.492 e. The summed E-state index contributed by atoms with van der Waals surface area (Å²) in [6.07, 6.45) is 2.27. The minimum Gasteiger partial charge on any atom is -0.492 e. The van der Waals surface area contributed by atoms with Crippen molar-refractivity contribution in [3.8, 4) is 5.75 Å². The smallest absolute Gasteiger partial charge is 0.244 e. The molecule has 114 valence electrons. The second-order valence-electron chi connectivity index (χ2n) is 4.38. The van der Waals surface area contributed by atoms with Crippen LogP contribution in [0, 0.1) is 0 Å². The van der Waals surface area contributed by atoms with E-state index in [9.17, 15) is 8.42 Å². The van der Waals surface area contributed by atoms with Gasteiger partial charge in [0.15, 0.2) is 0 Å². The third-order valence-corrected chi connectivity index (χ3v) is 4.85. The highest BCUT2D eigenvalue weighted by Gasteiger charge is 2.25. The topological polar surface area (TPSA) is 81.4 Å². The number of unbranched alkanes of at least 4 members (excludes halogenated alkanes) is 1. The van der Waals surface area contributed by atoms with Crippen molar-refractivity contribution in [1.29, 1.82) is 0 Å². The van der Waals surface area contributed by atoms with Gasteiger partial charge in [0.1, 0.15) is 10.6 Å². The third-order valence-electron chi connectivity index (χ3n) is 2.93. The minimum absolute atomic E-state index is 0. The second kappa shape index (κ2) is 7.61. The molecule has 0 amide bonds. The molecule has 0 fully saturated rings. The second-order valence-corrected chi connectivity index (χ2v) is 7.04. The standard InChI is InChI=1S/C12H17BrN2O3S.ClH/c13-10-7-9-3-6-18-12(9)11(8-10)19(16,17)15-5-2-1-4-14;/h7-8,15H,1-6,14H2;1H. The highest BCUT2D eigenvalue weighted by atomic mass is 79.9. The van der Waals surface area contributed by atoms with Gasteiger partial charge in [-0.15, -0.1) is 12.4 Å². The van der Waals surface area contributed by atoms with Crippen LogP contribution in [0.15, 0.2) is 21.5 Å². The molecule has 3 N–H and O–H groups in total. The van der Waals surface area contributed by atoms with Gasteiger partial charge in [0.25, 0.3) is 0 Å². The Morgan fingerprint density at radius 1 is 1.35 bits per heavy atom. The van der Waals surface area contributed by atoms with E-state index in [1.54, 1.807) is 6.07 Å². The number of ether oxygens (including phenoxy) is 1. The SMILES string of the molecule is Cl.NCCCCNS(=O)(=O)c1cc(Br)cc2c1OCC2. The number of hydrogen-bond acceptors (Lipinski definition) is 4. The lowest BCUT2D eigenvalue weighted by molar-refractivity contribution is 0.348. The van der Waals surface area contributed by atoms with Crippen LogP contribution in [0.3, 0.4) is 0 Å². The summed E-state index contributed by atoms with van der Waals surface area (Å²) < 4.78 is 33.3. The average Bonchev–Trinajstić information content (AvgIpc) is 2.81. The van der Waals surface area contributed by atoms with E-state index in [1.807, 2.05) is 6.07 Å². The van der Waals surface area contributed by atoms with Gasteiger partial charge in [-0.2, -0.15) is 0 Å². The summed E-state index contributed by atoms with van der Waals surface area (Å²) in [6.45, 7) is 1.49. The van der Waals surface area contributed by atoms with E-state index in [-0.39, 0.29) is 17.3 Å². The molecule has 0 radical (unpaired) electrons. The summed E-state index contributed by atoms with van der Waals surface area (Å²) in [4.78, 5) is 0.210. The summed E-state index contributed by atoms with van der Waals surface area (Å²) in [6, 6.07) is 3.48. The summed E-state index contributed by atoms with van der Waals surface area (Å²) in [5.41, 5.74) is 6.31. The highest BCUT2D eigenvalue weighted by molar-refractivity contribution is 9.10. The van der Waals surface area contributed by atoms with Crippen molar-refractivity contribution in [3.63, 3.8) is 0 Å². The number of fused-ring (bicyclic) bond motifs is 1. The molecule has 0 saturated carbocycles. The van der Waals surface area contributed by atoms with Gasteiger partial charge in [-0.25, -0.2) is 13.1 Å². The Bertz CT molecular complexity index is 566. The van der Waals surface area contributed by atoms with E-state index >= 15 is 0 Å². The lowest BCUT2D eigenvalue weighted by Gasteiger charge is -2.11. The average molecular weight is 386 g/mol. The maximum Gasteiger partial charge on any atom is 0.244 e. The maximum absolute atomic E-state index is 12.3. The van der Waals surface area contributed by atoms with Crippen molar-refractivity contribution in [1.82, 2.24) is 4.72 Å². The van der Waals surface area contributed by atoms with E-state index < -0.39 is 10.0 Å². The van der Waals surface area contributed by atoms with Crippen molar-refractivity contribution in [2.24, 2.45) is 5.73 Å². The van der Waals surface area contributed by atoms with Crippen LogP contribution < -0.4 is 15.2 Å². The van der Waals surface area contributed by atoms with Gasteiger partial charge in [-0.05, 0) is 31.5 Å². The Morgan fingerprint density at radius 3 is 2.80 bits per heavy atom. The Morgan fingerprint density at radius 2 is 2.10 bits per heavy atom. The first-order chi connectivity index (χ1) is 9.04. The van der Waals surface area contributed by atoms with Crippen LogP contribution in [0.2, 0.25) is 0 Å². The fourth-order valence-electron chi connectivity index (χ4n) is 1.99. The summed E-state index contributed by atoms with van der Waals surface area (Å²) in [5.74, 6) is 0.481. The zero-order valence-corrected chi connectivity index (χ0v) is 14.1. The van der Waals surface area contributed by atoms with Gasteiger partial charge in [0.05, 0.1) is 6.61 Å². The fraction of sp³-hybridized carbons (Fsp3) is 0.500. The van der Waals surface area contributed by atoms with Gasteiger partial charge in [0, 0.05) is 23.0 Å². The number of benzene rings is 1. The van der Waals surface area contributed by atoms with Crippen molar-refractivity contribution < 1.29 is 13.2 Å². The molecule has 0 saturated heterocycles. The molecule has 1 heterocycles.